The summed E-state index contributed by atoms with van der Waals surface area (Å²) < 4.78 is 79.8. The molecule has 0 radical (unpaired) electrons. The van der Waals surface area contributed by atoms with Crippen molar-refractivity contribution in [1.82, 2.24) is 9.80 Å². The molecule has 1 aliphatic carbocycles. The Morgan fingerprint density at radius 2 is 1.21 bits per heavy atom. The van der Waals surface area contributed by atoms with Crippen molar-refractivity contribution >= 4 is 83.6 Å². The second kappa shape index (κ2) is 18.3. The number of aliphatic carboxylic acids is 2. The summed E-state index contributed by atoms with van der Waals surface area (Å²) in [6, 6.07) is 14.8. The molecule has 6 rings (SSSR count). The Morgan fingerprint density at radius 1 is 0.652 bits per heavy atom. The van der Waals surface area contributed by atoms with Gasteiger partial charge in [0.2, 0.25) is 0 Å². The molecule has 1 heterocycles. The van der Waals surface area contributed by atoms with E-state index in [1.165, 1.54) is 42.2 Å². The van der Waals surface area contributed by atoms with Gasteiger partial charge in [0.25, 0.3) is 20.2 Å². The summed E-state index contributed by atoms with van der Waals surface area (Å²) in [7, 11) is -6.77. The van der Waals surface area contributed by atoms with Crippen molar-refractivity contribution in [2.45, 2.75) is 51.3 Å². The molecule has 0 saturated heterocycles. The Hall–Kier alpha value is -7.33. The van der Waals surface area contributed by atoms with Gasteiger partial charge in [-0.05, 0) is 99.2 Å². The van der Waals surface area contributed by atoms with Crippen molar-refractivity contribution in [2.75, 3.05) is 43.1 Å². The van der Waals surface area contributed by atoms with E-state index in [1.807, 2.05) is 26.8 Å². The van der Waals surface area contributed by atoms with Crippen molar-refractivity contribution < 1.29 is 59.7 Å². The zero-order valence-electron chi connectivity index (χ0n) is 36.9. The molecule has 0 saturated carbocycles. The lowest BCUT2D eigenvalue weighted by atomic mass is 9.93. The highest BCUT2D eigenvalue weighted by molar-refractivity contribution is 7.86. The van der Waals surface area contributed by atoms with E-state index in [2.05, 4.69) is 20.9 Å². The smallest absolute Gasteiger partial charge is 0.323 e. The quantitative estimate of drug-likeness (QED) is 0.0459. The predicted molar refractivity (Wildman–Crippen MR) is 246 cm³/mol. The summed E-state index contributed by atoms with van der Waals surface area (Å²) in [5.74, 6) is -2.96. The number of carbonyl (C=O) groups is 4. The number of hydrogen-bond donors (Lipinski definition) is 7. The molecule has 1 aliphatic heterocycles. The number of nitrogens with one attached hydrogen (secondary N) is 3. The number of rotatable bonds is 12. The number of fused-ring (bicyclic) bond motifs is 2. The van der Waals surface area contributed by atoms with Crippen molar-refractivity contribution in [3.05, 3.63) is 105 Å². The number of urea groups is 2. The first kappa shape index (κ1) is 48.1. The van der Waals surface area contributed by atoms with Crippen LogP contribution in [-0.4, -0.2) is 97.1 Å². The maximum atomic E-state index is 13.3. The number of carboxylic acids is 2. The first-order chi connectivity index (χ1) is 30.8. The molecule has 66 heavy (non-hydrogen) atoms. The topological polar surface area (TPSA) is 286 Å². The summed E-state index contributed by atoms with van der Waals surface area (Å²) in [5, 5.41) is 27.4. The molecule has 0 fully saturated rings. The Bertz CT molecular complexity index is 3280. The Labute approximate surface area is 379 Å². The molecule has 7 N–H and O–H groups in total. The largest absolute Gasteiger partial charge is 0.480 e. The minimum Gasteiger partial charge on any atom is -0.480 e. The van der Waals surface area contributed by atoms with E-state index in [1.54, 1.807) is 52.2 Å². The van der Waals surface area contributed by atoms with E-state index in [9.17, 15) is 55.3 Å². The van der Waals surface area contributed by atoms with Crippen LogP contribution in [0.15, 0.2) is 85.9 Å². The van der Waals surface area contributed by atoms with Gasteiger partial charge in [-0.15, -0.1) is 0 Å². The number of carbonyl (C=O) groups excluding carboxylic acids is 2. The minimum atomic E-state index is -5.13. The Kier molecular flexibility index (Phi) is 13.3. The molecular formula is C45H46N6O13S2. The molecule has 4 aromatic carbocycles. The summed E-state index contributed by atoms with van der Waals surface area (Å²) in [4.78, 5) is 54.2. The van der Waals surface area contributed by atoms with E-state index < -0.39 is 61.1 Å². The molecule has 2 aliphatic rings. The lowest BCUT2D eigenvalue weighted by Crippen LogP contribution is -2.42. The number of aryl methyl sites for hydroxylation is 4. The lowest BCUT2D eigenvalue weighted by Gasteiger charge is -2.22. The van der Waals surface area contributed by atoms with Gasteiger partial charge in [0.1, 0.15) is 34.2 Å². The highest BCUT2D eigenvalue weighted by Gasteiger charge is 2.28. The van der Waals surface area contributed by atoms with Crippen LogP contribution >= 0.6 is 0 Å². The summed E-state index contributed by atoms with van der Waals surface area (Å²) in [6.45, 7) is 8.56. The molecule has 4 amide bonds. The molecule has 346 valence electrons. The van der Waals surface area contributed by atoms with Gasteiger partial charge >= 0.3 is 24.0 Å². The molecule has 0 bridgehead atoms. The fourth-order valence-corrected chi connectivity index (χ4v) is 9.11. The average molecular weight is 943 g/mol. The highest BCUT2D eigenvalue weighted by atomic mass is 32.2. The first-order valence-corrected chi connectivity index (χ1v) is 22.7. The lowest BCUT2D eigenvalue weighted by molar-refractivity contribution is -0.140. The van der Waals surface area contributed by atoms with Crippen LogP contribution in [0.5, 0.6) is 0 Å². The van der Waals surface area contributed by atoms with E-state index in [4.69, 9.17) is 4.42 Å². The number of carboxylic acid groups (broad SMARTS) is 2. The molecule has 19 nitrogen and oxygen atoms in total. The summed E-state index contributed by atoms with van der Waals surface area (Å²) in [5.41, 5.74) is 5.81. The SMILES string of the molecule is Cc1cc(C)c(NC(=O)N(CC(=O)O)CC(=O)O)c(C)c1/N=c1/cc2oc3cc(Nc4c(C)cc(C)c(NC(=O)N(C)C)c4C)ccc3c(-c3ccccc3S(=O)(=O)O)c-2cc1S(=O)(=O)O. The third kappa shape index (κ3) is 9.98. The number of benzene rings is 5. The van der Waals surface area contributed by atoms with Crippen LogP contribution in [-0.2, 0) is 29.8 Å². The van der Waals surface area contributed by atoms with Crippen molar-refractivity contribution in [3.63, 3.8) is 0 Å². The molecule has 21 heteroatoms. The van der Waals surface area contributed by atoms with Crippen LogP contribution in [0, 0.1) is 41.5 Å². The fraction of sp³-hybridized carbons (Fsp3) is 0.222. The van der Waals surface area contributed by atoms with Gasteiger partial charge in [-0.1, -0.05) is 30.3 Å². The normalized spacial score (nSPS) is 12.0. The number of anilines is 4. The van der Waals surface area contributed by atoms with Crippen LogP contribution in [0.2, 0.25) is 0 Å². The zero-order valence-corrected chi connectivity index (χ0v) is 38.5. The third-order valence-corrected chi connectivity index (χ3v) is 12.5. The molecule has 4 aromatic rings. The maximum Gasteiger partial charge on any atom is 0.323 e. The van der Waals surface area contributed by atoms with Gasteiger partial charge in [-0.25, -0.2) is 14.6 Å². The molecule has 0 unspecified atom stereocenters. The van der Waals surface area contributed by atoms with Gasteiger partial charge in [0.05, 0.1) is 22.4 Å². The fourth-order valence-electron chi connectivity index (χ4n) is 7.77. The van der Waals surface area contributed by atoms with Crippen molar-refractivity contribution in [1.29, 1.82) is 0 Å². The number of nitrogens with zero attached hydrogens (tertiary/aromatic N) is 3. The van der Waals surface area contributed by atoms with Gasteiger partial charge in [0, 0.05) is 59.7 Å². The van der Waals surface area contributed by atoms with Crippen molar-refractivity contribution in [2.24, 2.45) is 4.99 Å². The summed E-state index contributed by atoms with van der Waals surface area (Å²) in [6.07, 6.45) is 0. The Balaban J connectivity index is 1.63. The number of amides is 4. The van der Waals surface area contributed by atoms with Crippen molar-refractivity contribution in [3.8, 4) is 22.5 Å². The van der Waals surface area contributed by atoms with Crippen LogP contribution in [0.25, 0.3) is 33.4 Å². The van der Waals surface area contributed by atoms with E-state index in [0.717, 1.165) is 22.8 Å². The van der Waals surface area contributed by atoms with Gasteiger partial charge in [0.15, 0.2) is 0 Å². The van der Waals surface area contributed by atoms with E-state index in [-0.39, 0.29) is 61.7 Å². The second-order valence-electron chi connectivity index (χ2n) is 15.8. The number of hydrogen-bond acceptors (Lipinski definition) is 11. The third-order valence-electron chi connectivity index (χ3n) is 10.7. The van der Waals surface area contributed by atoms with E-state index >= 15 is 0 Å². The predicted octanol–water partition coefficient (Wildman–Crippen LogP) is 7.62. The zero-order chi connectivity index (χ0) is 48.7. The summed E-state index contributed by atoms with van der Waals surface area (Å²) >= 11 is 0. The monoisotopic (exact) mass is 942 g/mol. The first-order valence-electron chi connectivity index (χ1n) is 19.9. The van der Waals surface area contributed by atoms with Gasteiger partial charge in [-0.2, -0.15) is 16.8 Å². The van der Waals surface area contributed by atoms with Crippen LogP contribution in [0.4, 0.5) is 38.0 Å². The second-order valence-corrected chi connectivity index (χ2v) is 18.6. The minimum absolute atomic E-state index is 0.000335. The highest BCUT2D eigenvalue weighted by Crippen LogP contribution is 2.44. The standard InChI is InChI=1S/C45H46N6O13S2/c1-22-15-24(3)42(48-44(56)50(7)8)26(5)40(22)46-28-13-14-29-33(17-28)64-34-19-32(36(66(61,62)63)18-31(34)39(29)30-11-9-10-12-35(30)65(58,59)60)47-41-23(2)16-25(4)43(27(41)6)49-45(57)51(20-37(52)53)21-38(54)55/h9-19,46H,20-21H2,1-8H3,(H,48,56)(H,49,57)(H,52,53)(H,54,55)(H,58,59,60)(H,61,62,63)/b47-32-. The average Bonchev–Trinajstić information content (AvgIpc) is 3.21. The van der Waals surface area contributed by atoms with E-state index in [0.29, 0.717) is 33.1 Å². The molecule has 0 aromatic heterocycles. The Morgan fingerprint density at radius 3 is 1.80 bits per heavy atom. The van der Waals surface area contributed by atoms with Gasteiger partial charge in [-0.3, -0.25) is 18.7 Å². The van der Waals surface area contributed by atoms with Crippen LogP contribution < -0.4 is 21.3 Å². The van der Waals surface area contributed by atoms with Crippen LogP contribution in [0.1, 0.15) is 33.4 Å². The maximum absolute atomic E-state index is 13.3. The molecule has 0 spiro atoms. The molecular weight excluding hydrogens is 897 g/mol. The van der Waals surface area contributed by atoms with Gasteiger partial charge < -0.3 is 40.4 Å². The molecule has 0 atom stereocenters. The van der Waals surface area contributed by atoms with Crippen LogP contribution in [0.3, 0.4) is 0 Å².